The molecule has 0 aliphatic rings. The minimum Gasteiger partial charge on any atom is -0.481 e. The second-order valence-corrected chi connectivity index (χ2v) is 5.84. The van der Waals surface area contributed by atoms with Gasteiger partial charge in [-0.1, -0.05) is 17.7 Å². The van der Waals surface area contributed by atoms with Gasteiger partial charge in [0.2, 0.25) is 12.3 Å². The number of rotatable bonds is 5. The van der Waals surface area contributed by atoms with Crippen molar-refractivity contribution >= 4 is 23.2 Å². The Morgan fingerprint density at radius 1 is 1.24 bits per heavy atom. The van der Waals surface area contributed by atoms with E-state index in [1.54, 1.807) is 49.4 Å². The number of halogens is 1. The summed E-state index contributed by atoms with van der Waals surface area (Å²) >= 11 is 6.06. The van der Waals surface area contributed by atoms with Crippen LogP contribution in [0.15, 0.2) is 53.3 Å². The summed E-state index contributed by atoms with van der Waals surface area (Å²) in [6, 6.07) is 12.4. The largest absolute Gasteiger partial charge is 0.481 e. The molecule has 0 aliphatic heterocycles. The van der Waals surface area contributed by atoms with E-state index in [1.807, 2.05) is 6.92 Å². The molecular weight excluding hydrogens is 342 g/mol. The van der Waals surface area contributed by atoms with Gasteiger partial charge in [0.05, 0.1) is 0 Å². The number of aromatic nitrogens is 2. The van der Waals surface area contributed by atoms with Crippen LogP contribution in [0.3, 0.4) is 0 Å². The molecule has 0 saturated heterocycles. The number of carbonyl (C=O) groups is 1. The first kappa shape index (κ1) is 17.0. The van der Waals surface area contributed by atoms with Crippen LogP contribution in [0.2, 0.25) is 5.02 Å². The highest BCUT2D eigenvalue weighted by Crippen LogP contribution is 2.24. The lowest BCUT2D eigenvalue weighted by atomic mass is 10.2. The predicted octanol–water partition coefficient (Wildman–Crippen LogP) is 4.10. The van der Waals surface area contributed by atoms with Gasteiger partial charge in [-0.2, -0.15) is 0 Å². The first-order chi connectivity index (χ1) is 12.0. The van der Waals surface area contributed by atoms with E-state index in [-0.39, 0.29) is 5.91 Å². The van der Waals surface area contributed by atoms with Gasteiger partial charge in [0.1, 0.15) is 5.75 Å². The van der Waals surface area contributed by atoms with Gasteiger partial charge in [-0.15, -0.1) is 10.2 Å². The van der Waals surface area contributed by atoms with E-state index in [0.717, 1.165) is 11.1 Å². The molecular formula is C18H16ClN3O3. The number of hydrogen-bond acceptors (Lipinski definition) is 5. The summed E-state index contributed by atoms with van der Waals surface area (Å²) in [4.78, 5) is 12.3. The van der Waals surface area contributed by atoms with Gasteiger partial charge in [0.15, 0.2) is 6.10 Å². The molecule has 7 heteroatoms. The van der Waals surface area contributed by atoms with Crippen molar-refractivity contribution in [2.75, 3.05) is 5.32 Å². The van der Waals surface area contributed by atoms with Crippen molar-refractivity contribution in [1.82, 2.24) is 10.2 Å². The summed E-state index contributed by atoms with van der Waals surface area (Å²) in [5, 5.41) is 10.9. The van der Waals surface area contributed by atoms with Gasteiger partial charge in [-0.05, 0) is 55.8 Å². The third-order valence-electron chi connectivity index (χ3n) is 3.67. The average Bonchev–Trinajstić information content (AvgIpc) is 3.14. The van der Waals surface area contributed by atoms with E-state index in [4.69, 9.17) is 20.8 Å². The smallest absolute Gasteiger partial charge is 0.265 e. The highest BCUT2D eigenvalue weighted by Gasteiger charge is 2.16. The lowest BCUT2D eigenvalue weighted by Crippen LogP contribution is -2.30. The van der Waals surface area contributed by atoms with Crippen LogP contribution < -0.4 is 10.1 Å². The molecule has 0 bridgehead atoms. The molecule has 1 aromatic heterocycles. The second-order valence-electron chi connectivity index (χ2n) is 5.43. The highest BCUT2D eigenvalue weighted by atomic mass is 35.5. The third kappa shape index (κ3) is 3.97. The molecule has 6 nitrogen and oxygen atoms in total. The minimum atomic E-state index is -0.673. The summed E-state index contributed by atoms with van der Waals surface area (Å²) in [5.41, 5.74) is 2.25. The van der Waals surface area contributed by atoms with Crippen LogP contribution in [-0.2, 0) is 4.79 Å². The van der Waals surface area contributed by atoms with Gasteiger partial charge in [0.25, 0.3) is 5.91 Å². The Balaban J connectivity index is 1.64. The van der Waals surface area contributed by atoms with Crippen LogP contribution in [0.25, 0.3) is 11.5 Å². The zero-order valence-corrected chi connectivity index (χ0v) is 14.4. The Labute approximate surface area is 149 Å². The van der Waals surface area contributed by atoms with Crippen molar-refractivity contribution < 1.29 is 13.9 Å². The summed E-state index contributed by atoms with van der Waals surface area (Å²) < 4.78 is 10.8. The minimum absolute atomic E-state index is 0.258. The highest BCUT2D eigenvalue weighted by molar-refractivity contribution is 6.31. The van der Waals surface area contributed by atoms with Gasteiger partial charge < -0.3 is 14.5 Å². The zero-order chi connectivity index (χ0) is 17.8. The van der Waals surface area contributed by atoms with Crippen LogP contribution in [0.1, 0.15) is 12.5 Å². The Bertz CT molecular complexity index is 864. The predicted molar refractivity (Wildman–Crippen MR) is 94.6 cm³/mol. The molecule has 0 spiro atoms. The van der Waals surface area contributed by atoms with Crippen LogP contribution >= 0.6 is 11.6 Å². The van der Waals surface area contributed by atoms with Crippen LogP contribution in [0.5, 0.6) is 5.75 Å². The van der Waals surface area contributed by atoms with Gasteiger partial charge >= 0.3 is 0 Å². The van der Waals surface area contributed by atoms with Gasteiger partial charge in [0, 0.05) is 16.3 Å². The molecule has 0 radical (unpaired) electrons. The fourth-order valence-electron chi connectivity index (χ4n) is 2.21. The Morgan fingerprint density at radius 3 is 2.68 bits per heavy atom. The molecule has 128 valence electrons. The molecule has 1 heterocycles. The number of ether oxygens (including phenoxy) is 1. The third-order valence-corrected chi connectivity index (χ3v) is 4.08. The molecule has 25 heavy (non-hydrogen) atoms. The van der Waals surface area contributed by atoms with E-state index in [2.05, 4.69) is 15.5 Å². The maximum atomic E-state index is 12.3. The summed E-state index contributed by atoms with van der Waals surface area (Å²) in [6.07, 6.45) is 0.594. The lowest BCUT2D eigenvalue weighted by Gasteiger charge is -2.16. The van der Waals surface area contributed by atoms with E-state index in [1.165, 1.54) is 6.39 Å². The van der Waals surface area contributed by atoms with Gasteiger partial charge in [-0.3, -0.25) is 4.79 Å². The van der Waals surface area contributed by atoms with E-state index in [9.17, 15) is 4.79 Å². The molecule has 1 N–H and O–H groups in total. The second kappa shape index (κ2) is 7.36. The van der Waals surface area contributed by atoms with Crippen LogP contribution in [-0.4, -0.2) is 22.2 Å². The number of anilines is 1. The summed E-state index contributed by atoms with van der Waals surface area (Å²) in [5.74, 6) is 0.730. The van der Waals surface area contributed by atoms with Crippen molar-refractivity contribution in [1.29, 1.82) is 0 Å². The topological polar surface area (TPSA) is 77.2 Å². The van der Waals surface area contributed by atoms with Crippen molar-refractivity contribution in [3.8, 4) is 17.2 Å². The van der Waals surface area contributed by atoms with E-state index in [0.29, 0.717) is 22.4 Å². The van der Waals surface area contributed by atoms with E-state index < -0.39 is 6.10 Å². The lowest BCUT2D eigenvalue weighted by molar-refractivity contribution is -0.122. The number of amides is 1. The number of hydrogen-bond donors (Lipinski definition) is 1. The van der Waals surface area contributed by atoms with Crippen LogP contribution in [0, 0.1) is 6.92 Å². The van der Waals surface area contributed by atoms with Crippen molar-refractivity contribution in [2.45, 2.75) is 20.0 Å². The number of nitrogens with zero attached hydrogens (tertiary/aromatic N) is 2. The molecule has 0 fully saturated rings. The van der Waals surface area contributed by atoms with Gasteiger partial charge in [-0.25, -0.2) is 0 Å². The molecule has 2 aromatic carbocycles. The molecule has 1 amide bonds. The molecule has 0 unspecified atom stereocenters. The first-order valence-electron chi connectivity index (χ1n) is 7.64. The molecule has 0 saturated carbocycles. The van der Waals surface area contributed by atoms with E-state index >= 15 is 0 Å². The summed E-state index contributed by atoms with van der Waals surface area (Å²) in [7, 11) is 0. The first-order valence-corrected chi connectivity index (χ1v) is 8.01. The number of carbonyl (C=O) groups excluding carboxylic acids is 1. The molecule has 3 aromatic rings. The Hall–Kier alpha value is -2.86. The quantitative estimate of drug-likeness (QED) is 0.743. The Kier molecular flexibility index (Phi) is 5.00. The normalized spacial score (nSPS) is 11.8. The number of nitrogens with one attached hydrogen (secondary N) is 1. The molecule has 3 rings (SSSR count). The van der Waals surface area contributed by atoms with Crippen LogP contribution in [0.4, 0.5) is 5.69 Å². The molecule has 1 atom stereocenters. The fourth-order valence-corrected chi connectivity index (χ4v) is 2.38. The van der Waals surface area contributed by atoms with Crippen molar-refractivity contribution in [3.63, 3.8) is 0 Å². The maximum absolute atomic E-state index is 12.3. The summed E-state index contributed by atoms with van der Waals surface area (Å²) in [6.45, 7) is 3.53. The fraction of sp³-hybridized carbons (Fsp3) is 0.167. The standard InChI is InChI=1S/C18H16ClN3O3/c1-11-15(19)4-3-5-16(11)21-17(23)12(2)25-14-8-6-13(7-9-14)18-22-20-10-24-18/h3-10,12H,1-2H3,(H,21,23)/t12-/m1/s1. The monoisotopic (exact) mass is 357 g/mol. The molecule has 0 aliphatic carbocycles. The average molecular weight is 358 g/mol. The zero-order valence-electron chi connectivity index (χ0n) is 13.7. The Morgan fingerprint density at radius 2 is 2.00 bits per heavy atom. The van der Waals surface area contributed by atoms with Crippen molar-refractivity contribution in [2.24, 2.45) is 0 Å². The SMILES string of the molecule is Cc1c(Cl)cccc1NC(=O)[C@@H](C)Oc1ccc(-c2nnco2)cc1. The van der Waals surface area contributed by atoms with Crippen molar-refractivity contribution in [3.05, 3.63) is 59.4 Å². The maximum Gasteiger partial charge on any atom is 0.265 e. The number of benzene rings is 2.